The first kappa shape index (κ1) is 17.6. The number of benzene rings is 1. The number of nitrogens with zero attached hydrogens (tertiary/aromatic N) is 1. The summed E-state index contributed by atoms with van der Waals surface area (Å²) in [4.78, 5) is 4.24. The molecule has 0 heterocycles. The average molecular weight is 319 g/mol. The number of hydrogen-bond acceptors (Lipinski definition) is 3. The highest BCUT2D eigenvalue weighted by Gasteiger charge is 2.14. The maximum atomic E-state index is 5.86. The molecular formula is C18H29N3O2. The Bertz CT molecular complexity index is 468. The Morgan fingerprint density at radius 3 is 2.57 bits per heavy atom. The van der Waals surface area contributed by atoms with Gasteiger partial charge in [0.15, 0.2) is 5.96 Å². The molecule has 2 N–H and O–H groups in total. The van der Waals surface area contributed by atoms with Crippen LogP contribution in [0.2, 0.25) is 0 Å². The van der Waals surface area contributed by atoms with Crippen LogP contribution in [-0.2, 0) is 11.3 Å². The summed E-state index contributed by atoms with van der Waals surface area (Å²) < 4.78 is 11.0. The van der Waals surface area contributed by atoms with Crippen LogP contribution in [0.1, 0.15) is 37.7 Å². The van der Waals surface area contributed by atoms with Gasteiger partial charge in [-0.15, -0.1) is 0 Å². The monoisotopic (exact) mass is 319 g/mol. The number of aliphatic imine (C=N–C) groups is 1. The Kier molecular flexibility index (Phi) is 7.73. The number of guanidine groups is 1. The van der Waals surface area contributed by atoms with Crippen molar-refractivity contribution >= 4 is 5.96 Å². The van der Waals surface area contributed by atoms with Crippen molar-refractivity contribution in [2.24, 2.45) is 4.99 Å². The molecular weight excluding hydrogens is 290 g/mol. The molecule has 0 unspecified atom stereocenters. The summed E-state index contributed by atoms with van der Waals surface area (Å²) in [6.07, 6.45) is 6.62. The third kappa shape index (κ3) is 6.48. The lowest BCUT2D eigenvalue weighted by Crippen LogP contribution is -2.37. The molecule has 23 heavy (non-hydrogen) atoms. The van der Waals surface area contributed by atoms with Crippen molar-refractivity contribution in [3.8, 4) is 5.75 Å². The van der Waals surface area contributed by atoms with E-state index in [1.807, 2.05) is 12.1 Å². The first-order chi connectivity index (χ1) is 11.3. The third-order valence-electron chi connectivity index (χ3n) is 4.11. The van der Waals surface area contributed by atoms with E-state index < -0.39 is 0 Å². The third-order valence-corrected chi connectivity index (χ3v) is 4.11. The lowest BCUT2D eigenvalue weighted by molar-refractivity contribution is 0.0574. The van der Waals surface area contributed by atoms with Gasteiger partial charge in [0.1, 0.15) is 5.75 Å². The van der Waals surface area contributed by atoms with Gasteiger partial charge in [0.25, 0.3) is 0 Å². The molecule has 128 valence electrons. The molecule has 1 fully saturated rings. The molecule has 0 spiro atoms. The van der Waals surface area contributed by atoms with Crippen LogP contribution in [-0.4, -0.2) is 39.4 Å². The largest absolute Gasteiger partial charge is 0.497 e. The van der Waals surface area contributed by atoms with Gasteiger partial charge in [0.2, 0.25) is 0 Å². The summed E-state index contributed by atoms with van der Waals surface area (Å²) in [5, 5.41) is 6.63. The molecule has 5 nitrogen and oxygen atoms in total. The highest BCUT2D eigenvalue weighted by molar-refractivity contribution is 5.79. The molecule has 2 rings (SSSR count). The van der Waals surface area contributed by atoms with E-state index in [2.05, 4.69) is 27.8 Å². The van der Waals surface area contributed by atoms with Gasteiger partial charge in [0.05, 0.1) is 13.2 Å². The van der Waals surface area contributed by atoms with Gasteiger partial charge in [-0.05, 0) is 37.0 Å². The van der Waals surface area contributed by atoms with Crippen LogP contribution < -0.4 is 15.4 Å². The molecule has 1 aliphatic rings. The predicted molar refractivity (Wildman–Crippen MR) is 94.0 cm³/mol. The van der Waals surface area contributed by atoms with Crippen LogP contribution in [0.25, 0.3) is 0 Å². The van der Waals surface area contributed by atoms with Gasteiger partial charge in [-0.3, -0.25) is 4.99 Å². The fourth-order valence-corrected chi connectivity index (χ4v) is 2.73. The minimum absolute atomic E-state index is 0.502. The van der Waals surface area contributed by atoms with Crippen molar-refractivity contribution in [2.75, 3.05) is 27.3 Å². The average Bonchev–Trinajstić information content (AvgIpc) is 3.11. The maximum Gasteiger partial charge on any atom is 0.191 e. The maximum absolute atomic E-state index is 5.86. The zero-order valence-corrected chi connectivity index (χ0v) is 14.3. The van der Waals surface area contributed by atoms with Crippen LogP contribution in [0, 0.1) is 0 Å². The summed E-state index contributed by atoms with van der Waals surface area (Å²) in [5.41, 5.74) is 1.19. The zero-order valence-electron chi connectivity index (χ0n) is 14.3. The molecule has 0 aliphatic heterocycles. The fourth-order valence-electron chi connectivity index (χ4n) is 2.73. The van der Waals surface area contributed by atoms with E-state index in [1.165, 1.54) is 31.2 Å². The second-order valence-corrected chi connectivity index (χ2v) is 5.83. The Morgan fingerprint density at radius 2 is 1.91 bits per heavy atom. The second kappa shape index (κ2) is 10.1. The van der Waals surface area contributed by atoms with Gasteiger partial charge in [-0.1, -0.05) is 25.0 Å². The zero-order chi connectivity index (χ0) is 16.3. The Balaban J connectivity index is 1.58. The van der Waals surface area contributed by atoms with Crippen molar-refractivity contribution in [1.82, 2.24) is 10.6 Å². The van der Waals surface area contributed by atoms with E-state index in [1.54, 1.807) is 14.2 Å². The van der Waals surface area contributed by atoms with E-state index in [-0.39, 0.29) is 0 Å². The lowest BCUT2D eigenvalue weighted by atomic mass is 10.2. The Hall–Kier alpha value is -1.75. The number of hydrogen-bond donors (Lipinski definition) is 2. The molecule has 1 aromatic carbocycles. The second-order valence-electron chi connectivity index (χ2n) is 5.83. The molecule has 1 aromatic rings. The number of methoxy groups -OCH3 is 1. The fraction of sp³-hybridized carbons (Fsp3) is 0.611. The van der Waals surface area contributed by atoms with E-state index in [0.717, 1.165) is 37.8 Å². The molecule has 0 bridgehead atoms. The van der Waals surface area contributed by atoms with Crippen LogP contribution in [0.3, 0.4) is 0 Å². The standard InChI is InChI=1S/C18H29N3O2/c1-19-18(20-12-5-13-23-17-6-3-4-7-17)21-14-15-8-10-16(22-2)11-9-15/h8-11,17H,3-7,12-14H2,1-2H3,(H2,19,20,21). The van der Waals surface area contributed by atoms with Crippen LogP contribution >= 0.6 is 0 Å². The lowest BCUT2D eigenvalue weighted by Gasteiger charge is -2.14. The van der Waals surface area contributed by atoms with Crippen molar-refractivity contribution in [3.05, 3.63) is 29.8 Å². The SMILES string of the molecule is CN=C(NCCCOC1CCCC1)NCc1ccc(OC)cc1. The summed E-state index contributed by atoms with van der Waals surface area (Å²) in [5.74, 6) is 1.69. The number of nitrogens with one attached hydrogen (secondary N) is 2. The van der Waals surface area contributed by atoms with Crippen molar-refractivity contribution in [2.45, 2.75) is 44.8 Å². The number of rotatable bonds is 8. The molecule has 1 aliphatic carbocycles. The minimum Gasteiger partial charge on any atom is -0.497 e. The summed E-state index contributed by atoms with van der Waals surface area (Å²) in [7, 11) is 3.47. The highest BCUT2D eigenvalue weighted by atomic mass is 16.5. The van der Waals surface area contributed by atoms with Crippen molar-refractivity contribution < 1.29 is 9.47 Å². The molecule has 0 amide bonds. The topological polar surface area (TPSA) is 54.9 Å². The van der Waals surface area contributed by atoms with E-state index >= 15 is 0 Å². The van der Waals surface area contributed by atoms with Crippen LogP contribution in [0.4, 0.5) is 0 Å². The predicted octanol–water partition coefficient (Wildman–Crippen LogP) is 2.71. The van der Waals surface area contributed by atoms with Gasteiger partial charge < -0.3 is 20.1 Å². The van der Waals surface area contributed by atoms with Gasteiger partial charge >= 0.3 is 0 Å². The Morgan fingerprint density at radius 1 is 1.17 bits per heavy atom. The van der Waals surface area contributed by atoms with E-state index in [0.29, 0.717) is 6.10 Å². The van der Waals surface area contributed by atoms with Crippen molar-refractivity contribution in [3.63, 3.8) is 0 Å². The van der Waals surface area contributed by atoms with Crippen LogP contribution in [0.15, 0.2) is 29.3 Å². The van der Waals surface area contributed by atoms with Crippen molar-refractivity contribution in [1.29, 1.82) is 0 Å². The van der Waals surface area contributed by atoms with E-state index in [4.69, 9.17) is 9.47 Å². The smallest absolute Gasteiger partial charge is 0.191 e. The van der Waals surface area contributed by atoms with E-state index in [9.17, 15) is 0 Å². The Labute approximate surface area is 139 Å². The first-order valence-corrected chi connectivity index (χ1v) is 8.51. The molecule has 5 heteroatoms. The molecule has 0 saturated heterocycles. The summed E-state index contributed by atoms with van der Waals surface area (Å²) in [6.45, 7) is 2.43. The van der Waals surface area contributed by atoms with Gasteiger partial charge in [-0.2, -0.15) is 0 Å². The normalized spacial score (nSPS) is 15.7. The van der Waals surface area contributed by atoms with Gasteiger partial charge in [0, 0.05) is 26.7 Å². The summed E-state index contributed by atoms with van der Waals surface area (Å²) >= 11 is 0. The molecule has 1 saturated carbocycles. The highest BCUT2D eigenvalue weighted by Crippen LogP contribution is 2.20. The minimum atomic E-state index is 0.502. The van der Waals surface area contributed by atoms with Gasteiger partial charge in [-0.25, -0.2) is 0 Å². The molecule has 0 radical (unpaired) electrons. The molecule has 0 atom stereocenters. The quantitative estimate of drug-likeness (QED) is 0.439. The van der Waals surface area contributed by atoms with Crippen LogP contribution in [0.5, 0.6) is 5.75 Å². The first-order valence-electron chi connectivity index (χ1n) is 8.51. The summed E-state index contributed by atoms with van der Waals surface area (Å²) in [6, 6.07) is 8.03. The number of ether oxygens (including phenoxy) is 2. The molecule has 0 aromatic heterocycles.